The molecule has 0 radical (unpaired) electrons. The second kappa shape index (κ2) is 4.39. The normalized spacial score (nSPS) is 23.7. The summed E-state index contributed by atoms with van der Waals surface area (Å²) in [5.74, 6) is 0. The lowest BCUT2D eigenvalue weighted by molar-refractivity contribution is 0.337. The summed E-state index contributed by atoms with van der Waals surface area (Å²) in [7, 11) is -3.18. The summed E-state index contributed by atoms with van der Waals surface area (Å²) in [6.07, 6.45) is 0.920. The first kappa shape index (κ1) is 12.9. The van der Waals surface area contributed by atoms with Crippen molar-refractivity contribution in [2.75, 3.05) is 19.6 Å². The molecule has 1 fully saturated rings. The molecule has 1 N–H and O–H groups in total. The Kier molecular flexibility index (Phi) is 3.79. The first-order chi connectivity index (χ1) is 6.80. The molecule has 1 heterocycles. The maximum absolute atomic E-state index is 12.3. The molecule has 1 aliphatic rings. The number of nitrogens with one attached hydrogen (secondary N) is 1. The molecular weight excluding hydrogens is 212 g/mol. The van der Waals surface area contributed by atoms with Gasteiger partial charge in [-0.1, -0.05) is 6.92 Å². The van der Waals surface area contributed by atoms with E-state index in [0.29, 0.717) is 6.54 Å². The van der Waals surface area contributed by atoms with Crippen LogP contribution in [0.15, 0.2) is 0 Å². The summed E-state index contributed by atoms with van der Waals surface area (Å²) < 4.78 is 25.5. The monoisotopic (exact) mass is 234 g/mol. The van der Waals surface area contributed by atoms with Crippen molar-refractivity contribution in [1.29, 1.82) is 0 Å². The molecule has 5 heteroatoms. The molecule has 0 aromatic carbocycles. The van der Waals surface area contributed by atoms with Crippen molar-refractivity contribution in [1.82, 2.24) is 9.62 Å². The predicted molar refractivity (Wildman–Crippen MR) is 62.3 cm³/mol. The Hall–Kier alpha value is -0.130. The van der Waals surface area contributed by atoms with Crippen molar-refractivity contribution in [3.63, 3.8) is 0 Å². The van der Waals surface area contributed by atoms with E-state index in [0.717, 1.165) is 19.5 Å². The zero-order valence-corrected chi connectivity index (χ0v) is 10.9. The molecule has 0 saturated carbocycles. The minimum Gasteiger partial charge on any atom is -0.315 e. The van der Waals surface area contributed by atoms with Crippen molar-refractivity contribution < 1.29 is 8.42 Å². The van der Waals surface area contributed by atoms with Gasteiger partial charge in [-0.15, -0.1) is 0 Å². The van der Waals surface area contributed by atoms with Crippen LogP contribution in [-0.4, -0.2) is 43.1 Å². The van der Waals surface area contributed by atoms with E-state index < -0.39 is 14.8 Å². The average molecular weight is 234 g/mol. The largest absolute Gasteiger partial charge is 0.315 e. The lowest BCUT2D eigenvalue weighted by Gasteiger charge is -2.32. The summed E-state index contributed by atoms with van der Waals surface area (Å²) in [6.45, 7) is 9.44. The fourth-order valence-electron chi connectivity index (χ4n) is 1.86. The highest BCUT2D eigenvalue weighted by molar-refractivity contribution is 7.90. The van der Waals surface area contributed by atoms with E-state index in [1.54, 1.807) is 25.1 Å². The Labute approximate surface area is 93.1 Å². The lowest BCUT2D eigenvalue weighted by atomic mass is 10.2. The summed E-state index contributed by atoms with van der Waals surface area (Å²) in [5.41, 5.74) is 0. The zero-order chi connectivity index (χ0) is 11.7. The summed E-state index contributed by atoms with van der Waals surface area (Å²) in [4.78, 5) is 0. The van der Waals surface area contributed by atoms with E-state index in [1.165, 1.54) is 0 Å². The van der Waals surface area contributed by atoms with Crippen molar-refractivity contribution in [3.8, 4) is 0 Å². The molecule has 1 aliphatic heterocycles. The molecule has 0 amide bonds. The topological polar surface area (TPSA) is 49.4 Å². The Morgan fingerprint density at radius 3 is 2.33 bits per heavy atom. The van der Waals surface area contributed by atoms with E-state index in [9.17, 15) is 8.42 Å². The van der Waals surface area contributed by atoms with Gasteiger partial charge >= 0.3 is 0 Å². The van der Waals surface area contributed by atoms with Crippen LogP contribution in [-0.2, 0) is 10.0 Å². The van der Waals surface area contributed by atoms with Crippen LogP contribution in [0.5, 0.6) is 0 Å². The first-order valence-electron chi connectivity index (χ1n) is 5.53. The fraction of sp³-hybridized carbons (Fsp3) is 1.00. The number of hydrogen-bond donors (Lipinski definition) is 1. The maximum Gasteiger partial charge on any atom is 0.219 e. The minimum absolute atomic E-state index is 0.138. The third-order valence-corrected chi connectivity index (χ3v) is 5.56. The SMILES string of the molecule is CCN(C1CCNC1)S(=O)(=O)C(C)(C)C. The minimum atomic E-state index is -3.18. The van der Waals surface area contributed by atoms with Crippen LogP contribution in [0.2, 0.25) is 0 Å². The average Bonchev–Trinajstić information content (AvgIpc) is 2.55. The highest BCUT2D eigenvalue weighted by atomic mass is 32.2. The van der Waals surface area contributed by atoms with Gasteiger partial charge in [0.05, 0.1) is 4.75 Å². The quantitative estimate of drug-likeness (QED) is 0.786. The Morgan fingerprint density at radius 1 is 1.40 bits per heavy atom. The smallest absolute Gasteiger partial charge is 0.219 e. The van der Waals surface area contributed by atoms with Gasteiger partial charge in [0.25, 0.3) is 0 Å². The first-order valence-corrected chi connectivity index (χ1v) is 6.97. The van der Waals surface area contributed by atoms with Gasteiger partial charge in [-0.3, -0.25) is 0 Å². The molecule has 0 aliphatic carbocycles. The van der Waals surface area contributed by atoms with Gasteiger partial charge < -0.3 is 5.32 Å². The molecule has 90 valence electrons. The summed E-state index contributed by atoms with van der Waals surface area (Å²) in [6, 6.07) is 0.138. The second-order valence-electron chi connectivity index (χ2n) is 4.97. The Balaban J connectivity index is 2.91. The highest BCUT2D eigenvalue weighted by Gasteiger charge is 2.38. The molecule has 1 rings (SSSR count). The van der Waals surface area contributed by atoms with Crippen LogP contribution in [0.4, 0.5) is 0 Å². The lowest BCUT2D eigenvalue weighted by Crippen LogP contribution is -2.48. The van der Waals surface area contributed by atoms with Crippen LogP contribution < -0.4 is 5.32 Å². The third-order valence-electron chi connectivity index (χ3n) is 2.84. The highest BCUT2D eigenvalue weighted by Crippen LogP contribution is 2.24. The van der Waals surface area contributed by atoms with Crippen LogP contribution in [0.25, 0.3) is 0 Å². The third kappa shape index (κ3) is 2.52. The number of sulfonamides is 1. The van der Waals surface area contributed by atoms with E-state index in [1.807, 2.05) is 6.92 Å². The van der Waals surface area contributed by atoms with Crippen LogP contribution in [0.1, 0.15) is 34.1 Å². The molecule has 1 saturated heterocycles. The number of likely N-dealkylation sites (N-methyl/N-ethyl adjacent to an activating group) is 1. The maximum atomic E-state index is 12.3. The molecule has 0 aromatic heterocycles. The molecular formula is C10H22N2O2S. The van der Waals surface area contributed by atoms with Crippen LogP contribution in [0, 0.1) is 0 Å². The van der Waals surface area contributed by atoms with E-state index in [2.05, 4.69) is 5.32 Å². The number of nitrogens with zero attached hydrogens (tertiary/aromatic N) is 1. The van der Waals surface area contributed by atoms with Gasteiger partial charge in [0.15, 0.2) is 0 Å². The van der Waals surface area contributed by atoms with Crippen LogP contribution >= 0.6 is 0 Å². The molecule has 0 spiro atoms. The second-order valence-corrected chi connectivity index (χ2v) is 7.61. The molecule has 0 aromatic rings. The van der Waals surface area contributed by atoms with Crippen LogP contribution in [0.3, 0.4) is 0 Å². The van der Waals surface area contributed by atoms with Gasteiger partial charge in [0.2, 0.25) is 10.0 Å². The van der Waals surface area contributed by atoms with E-state index >= 15 is 0 Å². The fourth-order valence-corrected chi connectivity index (χ4v) is 3.48. The van der Waals surface area contributed by atoms with E-state index in [-0.39, 0.29) is 6.04 Å². The Morgan fingerprint density at radius 2 is 2.00 bits per heavy atom. The Bertz CT molecular complexity index is 300. The molecule has 15 heavy (non-hydrogen) atoms. The van der Waals surface area contributed by atoms with Gasteiger partial charge in [0.1, 0.15) is 0 Å². The standard InChI is InChI=1S/C10H22N2O2S/c1-5-12(9-6-7-11-8-9)15(13,14)10(2,3)4/h9,11H,5-8H2,1-4H3. The van der Waals surface area contributed by atoms with Crippen molar-refractivity contribution in [2.45, 2.75) is 44.9 Å². The van der Waals surface area contributed by atoms with E-state index in [4.69, 9.17) is 0 Å². The molecule has 0 bridgehead atoms. The van der Waals surface area contributed by atoms with Crippen molar-refractivity contribution in [3.05, 3.63) is 0 Å². The van der Waals surface area contributed by atoms with Crippen molar-refractivity contribution >= 4 is 10.0 Å². The summed E-state index contributed by atoms with van der Waals surface area (Å²) in [5, 5.41) is 3.20. The molecule has 4 nitrogen and oxygen atoms in total. The summed E-state index contributed by atoms with van der Waals surface area (Å²) >= 11 is 0. The van der Waals surface area contributed by atoms with Gasteiger partial charge in [-0.2, -0.15) is 4.31 Å². The molecule has 1 unspecified atom stereocenters. The van der Waals surface area contributed by atoms with Gasteiger partial charge in [-0.05, 0) is 33.7 Å². The van der Waals surface area contributed by atoms with Gasteiger partial charge in [0, 0.05) is 19.1 Å². The van der Waals surface area contributed by atoms with Gasteiger partial charge in [-0.25, -0.2) is 8.42 Å². The predicted octanol–water partition coefficient (Wildman–Crippen LogP) is 0.798. The van der Waals surface area contributed by atoms with Crippen molar-refractivity contribution in [2.24, 2.45) is 0 Å². The zero-order valence-electron chi connectivity index (χ0n) is 10.1. The molecule has 1 atom stereocenters. The number of rotatable bonds is 3. The number of hydrogen-bond acceptors (Lipinski definition) is 3.